The zero-order valence-corrected chi connectivity index (χ0v) is 27.3. The molecule has 0 N–H and O–H groups in total. The Morgan fingerprint density at radius 2 is 1.79 bits per heavy atom. The van der Waals surface area contributed by atoms with Crippen LogP contribution in [0.15, 0.2) is 60.8 Å². The maximum atomic E-state index is 14.1. The average molecular weight is 675 g/mol. The number of alkyl halides is 3. The van der Waals surface area contributed by atoms with E-state index in [1.807, 2.05) is 0 Å². The second-order valence-corrected chi connectivity index (χ2v) is 14.8. The summed E-state index contributed by atoms with van der Waals surface area (Å²) in [6.45, 7) is 7.01. The largest absolute Gasteiger partial charge is 0.443 e. The lowest BCUT2D eigenvalue weighted by molar-refractivity contribution is -0.137. The quantitative estimate of drug-likeness (QED) is 0.350. The van der Waals surface area contributed by atoms with Gasteiger partial charge in [0.2, 0.25) is 10.0 Å². The lowest BCUT2D eigenvalue weighted by Gasteiger charge is -2.27. The summed E-state index contributed by atoms with van der Waals surface area (Å²) in [4.78, 5) is 51.7. The van der Waals surface area contributed by atoms with Crippen LogP contribution < -0.4 is 9.80 Å². The first-order valence-corrected chi connectivity index (χ1v) is 15.9. The van der Waals surface area contributed by atoms with Crippen LogP contribution >= 0.6 is 0 Å². The van der Waals surface area contributed by atoms with Crippen LogP contribution in [-0.2, 0) is 25.7 Å². The number of allylic oxidation sites excluding steroid dienone is 3. The molecule has 4 heterocycles. The molecule has 0 saturated carbocycles. The highest BCUT2D eigenvalue weighted by Gasteiger charge is 2.49. The van der Waals surface area contributed by atoms with Crippen LogP contribution in [0.1, 0.15) is 45.4 Å². The van der Waals surface area contributed by atoms with Gasteiger partial charge in [0.25, 0.3) is 5.91 Å². The van der Waals surface area contributed by atoms with Crippen molar-refractivity contribution < 1.29 is 40.7 Å². The van der Waals surface area contributed by atoms with Crippen LogP contribution in [-0.4, -0.2) is 75.3 Å². The van der Waals surface area contributed by atoms with E-state index in [-0.39, 0.29) is 23.6 Å². The average Bonchev–Trinajstić information content (AvgIpc) is 3.56. The third-order valence-electron chi connectivity index (χ3n) is 7.75. The van der Waals surface area contributed by atoms with E-state index in [2.05, 4.69) is 9.97 Å². The number of amides is 4. The van der Waals surface area contributed by atoms with Gasteiger partial charge in [-0.3, -0.25) is 14.6 Å². The lowest BCUT2D eigenvalue weighted by Crippen LogP contribution is -2.47. The van der Waals surface area contributed by atoms with Gasteiger partial charge in [-0.15, -0.1) is 0 Å². The van der Waals surface area contributed by atoms with Gasteiger partial charge in [-0.2, -0.15) is 13.2 Å². The number of anilines is 2. The second-order valence-electron chi connectivity index (χ2n) is 12.5. The molecule has 3 aromatic rings. The van der Waals surface area contributed by atoms with Gasteiger partial charge in [-0.05, 0) is 71.4 Å². The maximum absolute atomic E-state index is 14.1. The molecule has 0 aromatic carbocycles. The number of hydrogen-bond acceptors (Lipinski definition) is 8. The van der Waals surface area contributed by atoms with Crippen molar-refractivity contribution in [2.24, 2.45) is 0 Å². The number of nitrogens with zero attached hydrogens (tertiary/aromatic N) is 6. The fourth-order valence-corrected chi connectivity index (χ4v) is 6.87. The maximum Gasteiger partial charge on any atom is 0.418 e. The number of aryl methyl sites for hydroxylation is 1. The van der Waals surface area contributed by atoms with Crippen molar-refractivity contribution in [3.63, 3.8) is 0 Å². The number of aromatic nitrogens is 3. The van der Waals surface area contributed by atoms with E-state index in [0.29, 0.717) is 16.4 Å². The van der Waals surface area contributed by atoms with Crippen molar-refractivity contribution >= 4 is 50.7 Å². The van der Waals surface area contributed by atoms with Gasteiger partial charge in [0.15, 0.2) is 5.65 Å². The number of fused-ring (bicyclic) bond motifs is 1. The van der Waals surface area contributed by atoms with E-state index in [1.165, 1.54) is 26.2 Å². The number of urea groups is 1. The molecule has 2 aliphatic rings. The van der Waals surface area contributed by atoms with Gasteiger partial charge in [0.05, 0.1) is 12.1 Å². The molecule has 16 heteroatoms. The first-order chi connectivity index (χ1) is 21.7. The molecule has 47 heavy (non-hydrogen) atoms. The molecule has 1 aliphatic heterocycles. The second kappa shape index (κ2) is 11.5. The lowest BCUT2D eigenvalue weighted by atomic mass is 10.0. The first kappa shape index (κ1) is 33.6. The minimum Gasteiger partial charge on any atom is -0.443 e. The number of hydrogen-bond donors (Lipinski definition) is 0. The zero-order valence-electron chi connectivity index (χ0n) is 26.4. The Hall–Kier alpha value is -4.73. The van der Waals surface area contributed by atoms with E-state index in [9.17, 15) is 36.0 Å². The van der Waals surface area contributed by atoms with Crippen molar-refractivity contribution in [3.8, 4) is 0 Å². The van der Waals surface area contributed by atoms with Gasteiger partial charge in [0.1, 0.15) is 28.0 Å². The molecular formula is C31H33F3N6O6S. The Bertz CT molecular complexity index is 1950. The minimum atomic E-state index is -4.79. The number of likely N-dealkylation sites (N-methyl/N-ethyl adjacent to an activating group) is 1. The molecule has 250 valence electrons. The van der Waals surface area contributed by atoms with E-state index in [4.69, 9.17) is 4.74 Å². The molecule has 12 nitrogen and oxygen atoms in total. The summed E-state index contributed by atoms with van der Waals surface area (Å²) < 4.78 is 73.8. The predicted octanol–water partition coefficient (Wildman–Crippen LogP) is 5.42. The molecule has 0 bridgehead atoms. The standard InChI is InChI=1S/C31H33F3N6O6S/c1-19-16-21(31(32,33)34)17-24(35-19)40-22(18-38(27(40)42)28(43)46-29(2,3)4)26(41)37(6)23-11-10-20-12-15-39(25(20)36-23)47(44,45)30(5)13-8-7-9-14-30/h7-13,15-17,22H,14,18H2,1-6H3/t22-,30?/m0/s1. The molecule has 1 fully saturated rings. The normalized spacial score (nSPS) is 20.3. The Labute approximate surface area is 269 Å². The van der Waals surface area contributed by atoms with Gasteiger partial charge >= 0.3 is 18.3 Å². The highest BCUT2D eigenvalue weighted by atomic mass is 32.2. The van der Waals surface area contributed by atoms with Crippen molar-refractivity contribution in [1.29, 1.82) is 0 Å². The Balaban J connectivity index is 1.55. The fraction of sp³-hybridized carbons (Fsp3) is 0.387. The smallest absolute Gasteiger partial charge is 0.418 e. The van der Waals surface area contributed by atoms with Crippen LogP contribution in [0.3, 0.4) is 0 Å². The molecule has 2 atom stereocenters. The van der Waals surface area contributed by atoms with Crippen LogP contribution in [0, 0.1) is 6.92 Å². The van der Waals surface area contributed by atoms with Crippen molar-refractivity contribution in [2.75, 3.05) is 23.4 Å². The van der Waals surface area contributed by atoms with Crippen molar-refractivity contribution in [1.82, 2.24) is 18.8 Å². The third kappa shape index (κ3) is 6.21. The number of carbonyl (C=O) groups is 3. The molecule has 0 spiro atoms. The van der Waals surface area contributed by atoms with Gasteiger partial charge in [-0.25, -0.2) is 36.8 Å². The number of rotatable bonds is 5. The number of pyridine rings is 2. The first-order valence-electron chi connectivity index (χ1n) is 14.5. The molecular weight excluding hydrogens is 641 g/mol. The molecule has 0 radical (unpaired) electrons. The summed E-state index contributed by atoms with van der Waals surface area (Å²) in [6.07, 6.45) is 2.43. The highest BCUT2D eigenvalue weighted by molar-refractivity contribution is 7.91. The predicted molar refractivity (Wildman–Crippen MR) is 167 cm³/mol. The third-order valence-corrected chi connectivity index (χ3v) is 10.0. The number of ether oxygens (including phenoxy) is 1. The summed E-state index contributed by atoms with van der Waals surface area (Å²) in [5, 5.41) is 0.467. The summed E-state index contributed by atoms with van der Waals surface area (Å²) in [5.41, 5.74) is -2.17. The summed E-state index contributed by atoms with van der Waals surface area (Å²) >= 11 is 0. The molecule has 1 unspecified atom stereocenters. The topological polar surface area (TPSA) is 135 Å². The van der Waals surface area contributed by atoms with Crippen LogP contribution in [0.5, 0.6) is 0 Å². The minimum absolute atomic E-state index is 0.0156. The zero-order chi connectivity index (χ0) is 34.7. The Morgan fingerprint density at radius 1 is 1.09 bits per heavy atom. The summed E-state index contributed by atoms with van der Waals surface area (Å²) in [5.74, 6) is -1.34. The van der Waals surface area contributed by atoms with Crippen molar-refractivity contribution in [2.45, 2.75) is 63.6 Å². The Morgan fingerprint density at radius 3 is 2.40 bits per heavy atom. The fourth-order valence-electron chi connectivity index (χ4n) is 5.27. The molecule has 4 amide bonds. The van der Waals surface area contributed by atoms with Crippen LogP contribution in [0.4, 0.5) is 34.4 Å². The number of carbonyl (C=O) groups excluding carboxylic acids is 3. The molecule has 1 saturated heterocycles. The van der Waals surface area contributed by atoms with Gasteiger partial charge < -0.3 is 4.74 Å². The summed E-state index contributed by atoms with van der Waals surface area (Å²) in [6, 6.07) is 3.36. The van der Waals surface area contributed by atoms with E-state index >= 15 is 0 Å². The number of halogens is 3. The SMILES string of the molecule is Cc1cc(C(F)(F)F)cc(N2C(=O)N(C(=O)OC(C)(C)C)C[C@H]2C(=O)N(C)c2ccc3ccn(S(=O)(=O)C4(C)C=CC=CC4)c3n2)n1. The molecule has 1 aliphatic carbocycles. The van der Waals surface area contributed by atoms with E-state index in [0.717, 1.165) is 19.8 Å². The molecule has 3 aromatic heterocycles. The number of imide groups is 1. The highest BCUT2D eigenvalue weighted by Crippen LogP contribution is 2.35. The van der Waals surface area contributed by atoms with E-state index in [1.54, 1.807) is 64.1 Å². The summed E-state index contributed by atoms with van der Waals surface area (Å²) in [7, 11) is -2.71. The van der Waals surface area contributed by atoms with Crippen molar-refractivity contribution in [3.05, 3.63) is 72.1 Å². The van der Waals surface area contributed by atoms with Gasteiger partial charge in [-0.1, -0.05) is 24.3 Å². The monoisotopic (exact) mass is 674 g/mol. The van der Waals surface area contributed by atoms with Gasteiger partial charge in [0, 0.05) is 24.3 Å². The Kier molecular flexibility index (Phi) is 8.23. The van der Waals surface area contributed by atoms with Crippen LogP contribution in [0.2, 0.25) is 0 Å². The van der Waals surface area contributed by atoms with Crippen LogP contribution in [0.25, 0.3) is 11.0 Å². The molecule has 5 rings (SSSR count). The van der Waals surface area contributed by atoms with E-state index < -0.39 is 68.5 Å².